The monoisotopic (exact) mass is 214 g/mol. The lowest BCUT2D eigenvalue weighted by atomic mass is 9.96. The first kappa shape index (κ1) is 13.0. The first-order chi connectivity index (χ1) is 7.10. The summed E-state index contributed by atoms with van der Waals surface area (Å²) < 4.78 is 5.38. The van der Waals surface area contributed by atoms with Crippen LogP contribution in [0.1, 0.15) is 65.2 Å². The molecular weight excluding hydrogens is 188 g/mol. The van der Waals surface area contributed by atoms with Crippen molar-refractivity contribution < 1.29 is 9.84 Å². The van der Waals surface area contributed by atoms with Crippen LogP contribution in [0.4, 0.5) is 0 Å². The number of hydrogen-bond donors (Lipinski definition) is 1. The molecule has 2 rings (SSSR count). The number of hydrogen-bond acceptors (Lipinski definition) is 2. The normalized spacial score (nSPS) is 30.2. The highest BCUT2D eigenvalue weighted by atomic mass is 16.5. The van der Waals surface area contributed by atoms with Gasteiger partial charge in [0.1, 0.15) is 0 Å². The van der Waals surface area contributed by atoms with Crippen molar-refractivity contribution in [3.05, 3.63) is 0 Å². The summed E-state index contributed by atoms with van der Waals surface area (Å²) in [5, 5.41) is 9.16. The second kappa shape index (κ2) is 6.49. The molecule has 1 unspecified atom stereocenters. The Balaban J connectivity index is 0.000000162. The Morgan fingerprint density at radius 3 is 1.73 bits per heavy atom. The van der Waals surface area contributed by atoms with Gasteiger partial charge in [-0.15, -0.1) is 0 Å². The Morgan fingerprint density at radius 1 is 1.00 bits per heavy atom. The Kier molecular flexibility index (Phi) is 5.62. The molecule has 0 aromatic rings. The van der Waals surface area contributed by atoms with Crippen molar-refractivity contribution in [1.82, 2.24) is 0 Å². The molecule has 0 aromatic heterocycles. The van der Waals surface area contributed by atoms with Crippen molar-refractivity contribution in [3.63, 3.8) is 0 Å². The van der Waals surface area contributed by atoms with Crippen molar-refractivity contribution in [2.45, 2.75) is 76.9 Å². The summed E-state index contributed by atoms with van der Waals surface area (Å²) in [4.78, 5) is 0. The Bertz CT molecular complexity index is 150. The zero-order chi connectivity index (χ0) is 11.1. The fourth-order valence-corrected chi connectivity index (χ4v) is 2.26. The fourth-order valence-electron chi connectivity index (χ4n) is 2.26. The minimum atomic E-state index is -0.145. The van der Waals surface area contributed by atoms with E-state index in [2.05, 4.69) is 0 Å². The molecule has 1 N–H and O–H groups in total. The molecule has 1 saturated heterocycles. The van der Waals surface area contributed by atoms with E-state index in [-0.39, 0.29) is 11.7 Å². The van der Waals surface area contributed by atoms with Crippen LogP contribution in [0.15, 0.2) is 0 Å². The van der Waals surface area contributed by atoms with Crippen LogP contribution in [-0.4, -0.2) is 23.4 Å². The maximum atomic E-state index is 9.16. The molecule has 0 bridgehead atoms. The summed E-state index contributed by atoms with van der Waals surface area (Å²) in [7, 11) is 0. The van der Waals surface area contributed by atoms with Gasteiger partial charge in [0.05, 0.1) is 11.7 Å². The van der Waals surface area contributed by atoms with E-state index >= 15 is 0 Å². The molecule has 1 heterocycles. The Labute approximate surface area is 94.0 Å². The van der Waals surface area contributed by atoms with E-state index in [0.717, 1.165) is 12.8 Å². The van der Waals surface area contributed by atoms with Gasteiger partial charge < -0.3 is 9.84 Å². The van der Waals surface area contributed by atoms with Gasteiger partial charge in [0.25, 0.3) is 0 Å². The quantitative estimate of drug-likeness (QED) is 0.670. The second-order valence-corrected chi connectivity index (χ2v) is 5.38. The molecule has 1 aliphatic heterocycles. The van der Waals surface area contributed by atoms with E-state index < -0.39 is 0 Å². The summed E-state index contributed by atoms with van der Waals surface area (Å²) in [5.41, 5.74) is -0.0995. The highest BCUT2D eigenvalue weighted by Gasteiger charge is 2.26. The molecule has 0 spiro atoms. The molecule has 1 atom stereocenters. The molecule has 1 saturated carbocycles. The standard InChI is InChI=1S/C7H14O2.C6H12/c1-7(2)5-6(8)3-4-9-7;1-2-4-6-5-3-1/h6,8H,3-5H2,1-2H3;1-6H2. The number of rotatable bonds is 0. The third-order valence-corrected chi connectivity index (χ3v) is 3.17. The smallest absolute Gasteiger partial charge is 0.0651 e. The summed E-state index contributed by atoms with van der Waals surface area (Å²) in [5.74, 6) is 0. The van der Waals surface area contributed by atoms with Gasteiger partial charge in [-0.3, -0.25) is 0 Å². The van der Waals surface area contributed by atoms with E-state index in [1.807, 2.05) is 13.8 Å². The zero-order valence-corrected chi connectivity index (χ0v) is 10.3. The highest BCUT2D eigenvalue weighted by molar-refractivity contribution is 4.77. The lowest BCUT2D eigenvalue weighted by Crippen LogP contribution is -2.36. The maximum Gasteiger partial charge on any atom is 0.0651 e. The molecule has 2 fully saturated rings. The van der Waals surface area contributed by atoms with Crippen LogP contribution in [0.25, 0.3) is 0 Å². The maximum absolute atomic E-state index is 9.16. The van der Waals surface area contributed by atoms with Crippen LogP contribution < -0.4 is 0 Å². The molecular formula is C13H26O2. The fraction of sp³-hybridized carbons (Fsp3) is 1.00. The van der Waals surface area contributed by atoms with Gasteiger partial charge in [-0.2, -0.15) is 0 Å². The van der Waals surface area contributed by atoms with Crippen molar-refractivity contribution in [1.29, 1.82) is 0 Å². The molecule has 0 radical (unpaired) electrons. The second-order valence-electron chi connectivity index (χ2n) is 5.38. The molecule has 0 aromatic carbocycles. The van der Waals surface area contributed by atoms with Crippen molar-refractivity contribution in [2.24, 2.45) is 0 Å². The number of aliphatic hydroxyl groups excluding tert-OH is 1. The molecule has 15 heavy (non-hydrogen) atoms. The summed E-state index contributed by atoms with van der Waals surface area (Å²) in [6.45, 7) is 4.72. The van der Waals surface area contributed by atoms with Gasteiger partial charge in [0.2, 0.25) is 0 Å². The average Bonchev–Trinajstić information content (AvgIpc) is 2.19. The van der Waals surface area contributed by atoms with Crippen molar-refractivity contribution >= 4 is 0 Å². The van der Waals surface area contributed by atoms with Gasteiger partial charge in [0, 0.05) is 13.0 Å². The van der Waals surface area contributed by atoms with Gasteiger partial charge >= 0.3 is 0 Å². The first-order valence-electron chi connectivity index (χ1n) is 6.42. The molecule has 2 heteroatoms. The van der Waals surface area contributed by atoms with Crippen molar-refractivity contribution in [2.75, 3.05) is 6.61 Å². The van der Waals surface area contributed by atoms with Crippen LogP contribution in [-0.2, 0) is 4.74 Å². The Hall–Kier alpha value is -0.0800. The number of aliphatic hydroxyl groups is 1. The molecule has 0 amide bonds. The minimum Gasteiger partial charge on any atom is -0.393 e. The van der Waals surface area contributed by atoms with E-state index in [1.165, 1.54) is 38.5 Å². The van der Waals surface area contributed by atoms with Gasteiger partial charge in [-0.25, -0.2) is 0 Å². The average molecular weight is 214 g/mol. The minimum absolute atomic E-state index is 0.0995. The third-order valence-electron chi connectivity index (χ3n) is 3.17. The summed E-state index contributed by atoms with van der Waals surface area (Å²) >= 11 is 0. The van der Waals surface area contributed by atoms with E-state index in [4.69, 9.17) is 9.84 Å². The lowest BCUT2D eigenvalue weighted by molar-refractivity contribution is -0.0960. The van der Waals surface area contributed by atoms with Gasteiger partial charge in [-0.05, 0) is 20.3 Å². The lowest BCUT2D eigenvalue weighted by Gasteiger charge is -2.32. The summed E-state index contributed by atoms with van der Waals surface area (Å²) in [6.07, 6.45) is 10.4. The number of ether oxygens (including phenoxy) is 1. The SMILES string of the molecule is C1CCCCC1.CC1(C)CC(O)CCO1. The first-order valence-corrected chi connectivity index (χ1v) is 6.42. The largest absolute Gasteiger partial charge is 0.393 e. The van der Waals surface area contributed by atoms with Crippen LogP contribution in [0.5, 0.6) is 0 Å². The van der Waals surface area contributed by atoms with Crippen molar-refractivity contribution in [3.8, 4) is 0 Å². The van der Waals surface area contributed by atoms with E-state index in [9.17, 15) is 0 Å². The predicted molar refractivity (Wildman–Crippen MR) is 63.0 cm³/mol. The van der Waals surface area contributed by atoms with Crippen LogP contribution in [0.2, 0.25) is 0 Å². The van der Waals surface area contributed by atoms with Gasteiger partial charge in [-0.1, -0.05) is 38.5 Å². The van der Waals surface area contributed by atoms with Crippen LogP contribution in [0.3, 0.4) is 0 Å². The third kappa shape index (κ3) is 6.16. The van der Waals surface area contributed by atoms with Gasteiger partial charge in [0.15, 0.2) is 0 Å². The highest BCUT2D eigenvalue weighted by Crippen LogP contribution is 2.23. The zero-order valence-electron chi connectivity index (χ0n) is 10.3. The molecule has 2 nitrogen and oxygen atoms in total. The van der Waals surface area contributed by atoms with E-state index in [1.54, 1.807) is 0 Å². The molecule has 2 aliphatic rings. The van der Waals surface area contributed by atoms with Crippen LogP contribution >= 0.6 is 0 Å². The molecule has 1 aliphatic carbocycles. The summed E-state index contributed by atoms with van der Waals surface area (Å²) in [6, 6.07) is 0. The van der Waals surface area contributed by atoms with Crippen LogP contribution in [0, 0.1) is 0 Å². The molecule has 90 valence electrons. The topological polar surface area (TPSA) is 29.5 Å². The van der Waals surface area contributed by atoms with E-state index in [0.29, 0.717) is 6.61 Å². The Morgan fingerprint density at radius 2 is 1.47 bits per heavy atom. The predicted octanol–water partition coefficient (Wildman–Crippen LogP) is 3.28.